The Morgan fingerprint density at radius 3 is 2.48 bits per heavy atom. The van der Waals surface area contributed by atoms with Gasteiger partial charge in [0.15, 0.2) is 0 Å². The third kappa shape index (κ3) is 3.88. The molecule has 0 aliphatic carbocycles. The van der Waals surface area contributed by atoms with Crippen LogP contribution in [0.3, 0.4) is 0 Å². The summed E-state index contributed by atoms with van der Waals surface area (Å²) in [6, 6.07) is 1.46. The normalized spacial score (nSPS) is 13.5. The molecule has 21 heavy (non-hydrogen) atoms. The second-order valence-corrected chi connectivity index (χ2v) is 6.15. The number of terminal acetylenes is 1. The van der Waals surface area contributed by atoms with Crippen LogP contribution in [0.2, 0.25) is 0 Å². The van der Waals surface area contributed by atoms with E-state index in [9.17, 15) is 26.0 Å². The molecule has 0 aromatic heterocycles. The number of benzene rings is 1. The Morgan fingerprint density at radius 2 is 2.00 bits per heavy atom. The van der Waals surface area contributed by atoms with E-state index in [4.69, 9.17) is 6.42 Å². The Balaban J connectivity index is 3.34. The number of anilines is 1. The fraction of sp³-hybridized carbons (Fsp3) is 0.385. The molecule has 0 saturated heterocycles. The van der Waals surface area contributed by atoms with Gasteiger partial charge in [0, 0.05) is 0 Å². The number of hydrogen-bond acceptors (Lipinski definition) is 3. The highest BCUT2D eigenvalue weighted by atomic mass is 32.2. The molecule has 8 heteroatoms. The van der Waals surface area contributed by atoms with E-state index in [0.29, 0.717) is 18.9 Å². The number of hydrogen-bond donors (Lipinski definition) is 1. The van der Waals surface area contributed by atoms with Crippen molar-refractivity contribution in [3.05, 3.63) is 24.0 Å². The monoisotopic (exact) mass is 323 g/mol. The summed E-state index contributed by atoms with van der Waals surface area (Å²) < 4.78 is 73.9. The smallest absolute Gasteiger partial charge is 0.370 e. The third-order valence-electron chi connectivity index (χ3n) is 2.65. The van der Waals surface area contributed by atoms with Crippen LogP contribution in [0.4, 0.5) is 23.2 Å². The van der Waals surface area contributed by atoms with Crippen molar-refractivity contribution in [3.8, 4) is 12.3 Å². The lowest BCUT2D eigenvalue weighted by Gasteiger charge is -2.18. The minimum Gasteiger partial charge on any atom is -0.370 e. The zero-order valence-electron chi connectivity index (χ0n) is 11.0. The van der Waals surface area contributed by atoms with Crippen molar-refractivity contribution in [1.29, 1.82) is 0 Å². The van der Waals surface area contributed by atoms with Crippen LogP contribution in [0.1, 0.15) is 19.8 Å². The minimum atomic E-state index is -5.67. The molecule has 3 nitrogen and oxygen atoms in total. The molecule has 0 fully saturated rings. The van der Waals surface area contributed by atoms with Crippen LogP contribution >= 0.6 is 0 Å². The van der Waals surface area contributed by atoms with Gasteiger partial charge < -0.3 is 5.32 Å². The van der Waals surface area contributed by atoms with Gasteiger partial charge in [-0.15, -0.1) is 6.42 Å². The Morgan fingerprint density at radius 1 is 1.38 bits per heavy atom. The van der Waals surface area contributed by atoms with Crippen molar-refractivity contribution < 1.29 is 26.0 Å². The van der Waals surface area contributed by atoms with Crippen molar-refractivity contribution in [2.45, 2.75) is 36.2 Å². The van der Waals surface area contributed by atoms with Crippen molar-refractivity contribution in [2.24, 2.45) is 0 Å². The molecular formula is C13H13F4NO2S. The van der Waals surface area contributed by atoms with Crippen LogP contribution in [0, 0.1) is 18.2 Å². The summed E-state index contributed by atoms with van der Waals surface area (Å²) >= 11 is 0. The Hall–Kier alpha value is -1.75. The van der Waals surface area contributed by atoms with Gasteiger partial charge in [0.2, 0.25) is 0 Å². The minimum absolute atomic E-state index is 0.324. The number of alkyl halides is 3. The summed E-state index contributed by atoms with van der Waals surface area (Å²) in [5, 5.41) is 2.52. The van der Waals surface area contributed by atoms with Crippen LogP contribution in [0.5, 0.6) is 0 Å². The Bertz CT molecular complexity index is 647. The molecule has 0 bridgehead atoms. The highest BCUT2D eigenvalue weighted by Crippen LogP contribution is 2.35. The number of nitrogens with one attached hydrogen (secondary N) is 1. The Kier molecular flexibility index (Phi) is 5.23. The summed E-state index contributed by atoms with van der Waals surface area (Å²) in [7, 11) is -5.67. The van der Waals surface area contributed by atoms with E-state index in [-0.39, 0.29) is 5.69 Å². The van der Waals surface area contributed by atoms with Crippen molar-refractivity contribution in [1.82, 2.24) is 0 Å². The average molecular weight is 323 g/mol. The van der Waals surface area contributed by atoms with E-state index in [1.54, 1.807) is 0 Å². The van der Waals surface area contributed by atoms with Crippen LogP contribution < -0.4 is 5.32 Å². The fourth-order valence-electron chi connectivity index (χ4n) is 1.64. The molecule has 0 aliphatic rings. The lowest BCUT2D eigenvalue weighted by Crippen LogP contribution is -2.26. The molecule has 0 heterocycles. The molecule has 0 aliphatic heterocycles. The zero-order chi connectivity index (χ0) is 16.3. The van der Waals surface area contributed by atoms with Gasteiger partial charge in [-0.25, -0.2) is 12.8 Å². The predicted molar refractivity (Wildman–Crippen MR) is 70.8 cm³/mol. The SMILES string of the molecule is C#CC(CCC)Nc1ccc(F)cc1S(=O)(=O)C(F)(F)F. The average Bonchev–Trinajstić information content (AvgIpc) is 2.38. The Labute approximate surface area is 120 Å². The maximum atomic E-state index is 13.1. The molecule has 1 atom stereocenters. The summed E-state index contributed by atoms with van der Waals surface area (Å²) in [4.78, 5) is -1.17. The summed E-state index contributed by atoms with van der Waals surface area (Å²) in [5.41, 5.74) is -5.89. The number of halogens is 4. The zero-order valence-corrected chi connectivity index (χ0v) is 11.9. The van der Waals surface area contributed by atoms with Crippen molar-refractivity contribution in [3.63, 3.8) is 0 Å². The molecule has 0 spiro atoms. The van der Waals surface area contributed by atoms with Crippen molar-refractivity contribution >= 4 is 15.5 Å². The maximum absolute atomic E-state index is 13.1. The molecule has 116 valence electrons. The van der Waals surface area contributed by atoms with Gasteiger partial charge >= 0.3 is 5.51 Å². The third-order valence-corrected chi connectivity index (χ3v) is 4.17. The maximum Gasteiger partial charge on any atom is 0.501 e. The molecule has 1 aromatic carbocycles. The van der Waals surface area contributed by atoms with Gasteiger partial charge in [0.05, 0.1) is 11.7 Å². The standard InChI is InChI=1S/C13H13F4NO2S/c1-3-5-10(4-2)18-11-7-6-9(14)8-12(11)21(19,20)13(15,16)17/h2,6-8,10,18H,3,5H2,1H3. The first-order chi connectivity index (χ1) is 9.63. The van der Waals surface area contributed by atoms with Crippen molar-refractivity contribution in [2.75, 3.05) is 5.32 Å². The van der Waals surface area contributed by atoms with E-state index in [2.05, 4.69) is 11.2 Å². The molecule has 0 radical (unpaired) electrons. The quantitative estimate of drug-likeness (QED) is 0.668. The second kappa shape index (κ2) is 6.35. The first-order valence-corrected chi connectivity index (χ1v) is 7.45. The lowest BCUT2D eigenvalue weighted by molar-refractivity contribution is -0.0435. The van der Waals surface area contributed by atoms with E-state index in [1.807, 2.05) is 6.92 Å². The van der Waals surface area contributed by atoms with E-state index in [1.165, 1.54) is 0 Å². The van der Waals surface area contributed by atoms with E-state index < -0.39 is 32.1 Å². The summed E-state index contributed by atoms with van der Waals surface area (Å²) in [5.74, 6) is 1.22. The summed E-state index contributed by atoms with van der Waals surface area (Å²) in [6.45, 7) is 1.81. The largest absolute Gasteiger partial charge is 0.501 e. The molecule has 0 amide bonds. The van der Waals surface area contributed by atoms with Gasteiger partial charge in [-0.2, -0.15) is 13.2 Å². The highest BCUT2D eigenvalue weighted by molar-refractivity contribution is 7.92. The predicted octanol–water partition coefficient (Wildman–Crippen LogP) is 3.33. The number of sulfone groups is 1. The highest BCUT2D eigenvalue weighted by Gasteiger charge is 2.48. The first-order valence-electron chi connectivity index (χ1n) is 5.97. The van der Waals surface area contributed by atoms with Crippen LogP contribution in [0.15, 0.2) is 23.1 Å². The van der Waals surface area contributed by atoms with Gasteiger partial charge in [-0.05, 0) is 24.6 Å². The molecule has 1 aromatic rings. The fourth-order valence-corrected chi connectivity index (χ4v) is 2.57. The van der Waals surface area contributed by atoms with Gasteiger partial charge in [-0.3, -0.25) is 0 Å². The van der Waals surface area contributed by atoms with E-state index in [0.717, 1.165) is 12.1 Å². The van der Waals surface area contributed by atoms with Crippen LogP contribution in [-0.2, 0) is 9.84 Å². The van der Waals surface area contributed by atoms with Gasteiger partial charge in [0.1, 0.15) is 10.7 Å². The molecule has 1 N–H and O–H groups in total. The molecule has 0 saturated carbocycles. The van der Waals surface area contributed by atoms with Crippen LogP contribution in [-0.4, -0.2) is 20.0 Å². The lowest BCUT2D eigenvalue weighted by atomic mass is 10.1. The van der Waals surface area contributed by atoms with E-state index >= 15 is 0 Å². The first kappa shape index (κ1) is 17.3. The van der Waals surface area contributed by atoms with Gasteiger partial charge in [-0.1, -0.05) is 19.3 Å². The second-order valence-electron chi connectivity index (χ2n) is 4.24. The van der Waals surface area contributed by atoms with Crippen LogP contribution in [0.25, 0.3) is 0 Å². The summed E-state index contributed by atoms with van der Waals surface area (Å²) in [6.07, 6.45) is 6.30. The molecular weight excluding hydrogens is 310 g/mol. The topological polar surface area (TPSA) is 46.2 Å². The molecule has 1 rings (SSSR count). The van der Waals surface area contributed by atoms with Gasteiger partial charge in [0.25, 0.3) is 9.84 Å². The molecule has 1 unspecified atom stereocenters. The number of rotatable bonds is 5.